The molecule has 2 heterocycles. The van der Waals surface area contributed by atoms with Gasteiger partial charge in [0.2, 0.25) is 6.10 Å². The number of hydrogen-bond acceptors (Lipinski definition) is 7. The van der Waals surface area contributed by atoms with Crippen LogP contribution in [0.15, 0.2) is 29.1 Å². The predicted molar refractivity (Wildman–Crippen MR) is 92.6 cm³/mol. The van der Waals surface area contributed by atoms with Crippen LogP contribution in [0.3, 0.4) is 0 Å². The van der Waals surface area contributed by atoms with Crippen molar-refractivity contribution in [1.82, 2.24) is 15.1 Å². The molecule has 0 saturated heterocycles. The van der Waals surface area contributed by atoms with Gasteiger partial charge < -0.3 is 4.74 Å². The van der Waals surface area contributed by atoms with Gasteiger partial charge in [-0.2, -0.15) is 28.8 Å². The molecular formula is C16H12ClF3N5O4+. The number of nitrogens with zero attached hydrogens (tertiary/aromatic N) is 4. The summed E-state index contributed by atoms with van der Waals surface area (Å²) in [6, 6.07) is 2.31. The first-order valence-corrected chi connectivity index (χ1v) is 8.08. The van der Waals surface area contributed by atoms with Gasteiger partial charge in [-0.3, -0.25) is 14.4 Å². The molecule has 0 fully saturated rings. The zero-order chi connectivity index (χ0) is 22.0. The summed E-state index contributed by atoms with van der Waals surface area (Å²) in [7, 11) is 0. The monoisotopic (exact) mass is 430 g/mol. The van der Waals surface area contributed by atoms with E-state index >= 15 is 0 Å². The van der Waals surface area contributed by atoms with Crippen molar-refractivity contribution in [1.29, 1.82) is 5.26 Å². The van der Waals surface area contributed by atoms with E-state index in [0.29, 0.717) is 12.3 Å². The van der Waals surface area contributed by atoms with E-state index in [1.807, 2.05) is 0 Å². The number of rotatable bonds is 5. The van der Waals surface area contributed by atoms with Gasteiger partial charge in [-0.05, 0) is 22.8 Å². The Kier molecular flexibility index (Phi) is 6.05. The Morgan fingerprint density at radius 2 is 2.00 bits per heavy atom. The molecule has 13 heteroatoms. The lowest BCUT2D eigenvalue weighted by atomic mass is 10.2. The molecule has 9 nitrogen and oxygen atoms in total. The van der Waals surface area contributed by atoms with Crippen molar-refractivity contribution in [2.75, 3.05) is 0 Å². The molecule has 152 valence electrons. The fraction of sp³-hybridized carbons (Fsp3) is 0.250. The summed E-state index contributed by atoms with van der Waals surface area (Å²) in [6.45, 7) is 1.97. The van der Waals surface area contributed by atoms with Crippen LogP contribution in [-0.2, 0) is 25.3 Å². The summed E-state index contributed by atoms with van der Waals surface area (Å²) in [4.78, 5) is 39.0. The fourth-order valence-corrected chi connectivity index (χ4v) is 2.55. The second-order valence-electron chi connectivity index (χ2n) is 5.73. The van der Waals surface area contributed by atoms with Gasteiger partial charge in [-0.15, -0.1) is 0 Å². The molecule has 0 radical (unpaired) electrons. The van der Waals surface area contributed by atoms with E-state index in [9.17, 15) is 27.6 Å². The highest BCUT2D eigenvalue weighted by molar-refractivity contribution is 6.33. The van der Waals surface area contributed by atoms with Crippen molar-refractivity contribution in [3.8, 4) is 6.07 Å². The lowest BCUT2D eigenvalue weighted by molar-refractivity contribution is -0.160. The van der Waals surface area contributed by atoms with Crippen LogP contribution in [-0.4, -0.2) is 35.0 Å². The summed E-state index contributed by atoms with van der Waals surface area (Å²) in [5.41, 5.74) is 0.983. The van der Waals surface area contributed by atoms with Gasteiger partial charge in [0, 0.05) is 13.1 Å². The predicted octanol–water partition coefficient (Wildman–Crippen LogP) is 2.02. The molecule has 1 aromatic heterocycles. The normalized spacial score (nSPS) is 19.1. The van der Waals surface area contributed by atoms with E-state index in [4.69, 9.17) is 16.9 Å². The van der Waals surface area contributed by atoms with Crippen molar-refractivity contribution in [3.63, 3.8) is 0 Å². The third kappa shape index (κ3) is 4.76. The first kappa shape index (κ1) is 22.0. The molecule has 1 N–H and O–H groups in total. The number of quaternary nitrogens is 1. The van der Waals surface area contributed by atoms with Crippen molar-refractivity contribution < 1.29 is 32.3 Å². The molecule has 0 bridgehead atoms. The van der Waals surface area contributed by atoms with E-state index < -0.39 is 45.2 Å². The van der Waals surface area contributed by atoms with Crippen molar-refractivity contribution in [3.05, 3.63) is 34.6 Å². The van der Waals surface area contributed by atoms with Crippen LogP contribution in [0, 0.1) is 11.3 Å². The second kappa shape index (κ2) is 7.98. The van der Waals surface area contributed by atoms with Crippen LogP contribution in [0.2, 0.25) is 5.02 Å². The fourth-order valence-electron chi connectivity index (χ4n) is 2.26. The zero-order valence-corrected chi connectivity index (χ0v) is 15.6. The number of ether oxygens (including phenoxy) is 1. The summed E-state index contributed by atoms with van der Waals surface area (Å²) in [6.07, 6.45) is -4.06. The molecule has 2 rings (SSSR count). The van der Waals surface area contributed by atoms with Gasteiger partial charge in [-0.25, -0.2) is 0 Å². The van der Waals surface area contributed by atoms with Crippen molar-refractivity contribution >= 4 is 41.3 Å². The topological polar surface area (TPSA) is 122 Å². The molecule has 0 aliphatic carbocycles. The number of hydrogen-bond donors (Lipinski definition) is 1. The molecular weight excluding hydrogens is 419 g/mol. The number of amides is 1. The van der Waals surface area contributed by atoms with E-state index in [2.05, 4.69) is 20.2 Å². The SMILES string of the molecule is CC(=O)OC(C(C)=O)C(=O)N[N+]1(c2ncc(C(F)(F)F)cc2Cl)C=C(C#N)C=N1. The molecule has 0 saturated carbocycles. The van der Waals surface area contributed by atoms with Gasteiger partial charge in [-0.1, -0.05) is 11.6 Å². The highest BCUT2D eigenvalue weighted by Crippen LogP contribution is 2.36. The Morgan fingerprint density at radius 1 is 1.34 bits per heavy atom. The van der Waals surface area contributed by atoms with Crippen molar-refractivity contribution in [2.45, 2.75) is 26.1 Å². The molecule has 1 aromatic rings. The molecule has 0 spiro atoms. The standard InChI is InChI=1S/C16H11ClF3N5O4/c1-8(26)13(29-9(2)27)15(28)24-25(7-10(4-21)5-23-25)14-12(17)3-11(6-22-14)16(18,19)20/h3,5-7,13H,1-2H3/p+1. The quantitative estimate of drug-likeness (QED) is 0.433. The van der Waals surface area contributed by atoms with E-state index in [1.54, 1.807) is 6.07 Å². The highest BCUT2D eigenvalue weighted by Gasteiger charge is 2.44. The maximum Gasteiger partial charge on any atom is 0.417 e. The number of ketones is 1. The first-order valence-electron chi connectivity index (χ1n) is 7.70. The Bertz CT molecular complexity index is 986. The molecule has 0 aromatic carbocycles. The van der Waals surface area contributed by atoms with Gasteiger partial charge in [0.15, 0.2) is 12.0 Å². The molecule has 2 atom stereocenters. The summed E-state index contributed by atoms with van der Waals surface area (Å²) < 4.78 is 42.1. The number of esters is 1. The number of Topliss-reactive ketones (excluding diaryl/α,β-unsaturated/α-hetero) is 1. The van der Waals surface area contributed by atoms with Gasteiger partial charge >= 0.3 is 23.9 Å². The van der Waals surface area contributed by atoms with Crippen molar-refractivity contribution in [2.24, 2.45) is 5.10 Å². The highest BCUT2D eigenvalue weighted by atomic mass is 35.5. The van der Waals surface area contributed by atoms with Crippen LogP contribution in [0.4, 0.5) is 19.0 Å². The molecule has 1 aliphatic rings. The van der Waals surface area contributed by atoms with Crippen LogP contribution in [0.5, 0.6) is 0 Å². The number of pyridine rings is 1. The van der Waals surface area contributed by atoms with E-state index in [0.717, 1.165) is 26.3 Å². The van der Waals surface area contributed by atoms with Crippen LogP contribution in [0.1, 0.15) is 19.4 Å². The lowest BCUT2D eigenvalue weighted by Gasteiger charge is -2.26. The van der Waals surface area contributed by atoms with Crippen LogP contribution >= 0.6 is 11.6 Å². The molecule has 1 amide bonds. The summed E-state index contributed by atoms with van der Waals surface area (Å²) in [5.74, 6) is -3.29. The number of alkyl halides is 3. The first-order chi connectivity index (χ1) is 13.4. The number of halogens is 4. The second-order valence-corrected chi connectivity index (χ2v) is 6.14. The average molecular weight is 431 g/mol. The van der Waals surface area contributed by atoms with Gasteiger partial charge in [0.1, 0.15) is 22.9 Å². The Hall–Kier alpha value is -3.30. The third-order valence-corrected chi connectivity index (χ3v) is 3.76. The summed E-state index contributed by atoms with van der Waals surface area (Å²) in [5, 5.41) is 12.4. The van der Waals surface area contributed by atoms with E-state index in [-0.39, 0.29) is 11.4 Å². The minimum absolute atomic E-state index is 0.0741. The minimum Gasteiger partial charge on any atom is -0.444 e. The zero-order valence-electron chi connectivity index (χ0n) is 14.8. The lowest BCUT2D eigenvalue weighted by Crippen LogP contribution is -2.58. The summed E-state index contributed by atoms with van der Waals surface area (Å²) >= 11 is 5.94. The maximum absolute atomic E-state index is 12.9. The Balaban J connectivity index is 2.52. The van der Waals surface area contributed by atoms with E-state index in [1.165, 1.54) is 0 Å². The Morgan fingerprint density at radius 3 is 2.45 bits per heavy atom. The minimum atomic E-state index is -4.72. The number of nitriles is 1. The largest absolute Gasteiger partial charge is 0.444 e. The van der Waals surface area contributed by atoms with Crippen LogP contribution in [0.25, 0.3) is 0 Å². The third-order valence-electron chi connectivity index (χ3n) is 3.48. The number of carbonyl (C=O) groups is 3. The smallest absolute Gasteiger partial charge is 0.417 e. The Labute approximate surface area is 166 Å². The van der Waals surface area contributed by atoms with Crippen LogP contribution < -0.4 is 10.1 Å². The maximum atomic E-state index is 12.9. The molecule has 29 heavy (non-hydrogen) atoms. The number of carbonyl (C=O) groups excluding carboxylic acids is 3. The van der Waals surface area contributed by atoms with Gasteiger partial charge in [0.05, 0.1) is 5.56 Å². The number of allylic oxidation sites excluding steroid dienone is 1. The number of aromatic nitrogens is 1. The van der Waals surface area contributed by atoms with Gasteiger partial charge in [0.25, 0.3) is 0 Å². The number of nitrogens with one attached hydrogen (secondary N) is 1. The molecule has 1 aliphatic heterocycles. The molecule has 2 unspecified atom stereocenters. The average Bonchev–Trinajstić information content (AvgIpc) is 3.02.